The maximum absolute atomic E-state index is 12.6. The standard InChI is InChI=1S/C22H23N3O4S/c1-16-3-5-19(6-4-16)25-30(27,28)20-7-8-21(17(2)13-20)29-15-22(26)24-14-18-9-11-23-12-10-18/h3-13,25H,14-15H2,1-2H3,(H,24,26). The maximum atomic E-state index is 12.6. The van der Waals surface area contributed by atoms with Gasteiger partial charge in [-0.3, -0.25) is 14.5 Å². The number of nitrogens with one attached hydrogen (secondary N) is 2. The summed E-state index contributed by atoms with van der Waals surface area (Å²) in [6, 6.07) is 15.2. The van der Waals surface area contributed by atoms with Gasteiger partial charge in [-0.25, -0.2) is 8.42 Å². The summed E-state index contributed by atoms with van der Waals surface area (Å²) in [7, 11) is -3.73. The van der Waals surface area contributed by atoms with Crippen molar-refractivity contribution in [2.24, 2.45) is 0 Å². The predicted octanol–water partition coefficient (Wildman–Crippen LogP) is 3.19. The molecule has 8 heteroatoms. The van der Waals surface area contributed by atoms with Crippen LogP contribution in [0.1, 0.15) is 16.7 Å². The quantitative estimate of drug-likeness (QED) is 0.578. The largest absolute Gasteiger partial charge is 0.484 e. The number of amides is 1. The number of hydrogen-bond acceptors (Lipinski definition) is 5. The molecule has 0 aliphatic rings. The van der Waals surface area contributed by atoms with Crippen LogP contribution < -0.4 is 14.8 Å². The molecule has 3 aromatic rings. The minimum absolute atomic E-state index is 0.120. The summed E-state index contributed by atoms with van der Waals surface area (Å²) in [6.45, 7) is 3.88. The first kappa shape index (κ1) is 21.3. The summed E-state index contributed by atoms with van der Waals surface area (Å²) in [5.41, 5.74) is 3.08. The van der Waals surface area contributed by atoms with Crippen molar-refractivity contribution in [1.29, 1.82) is 0 Å². The van der Waals surface area contributed by atoms with Crippen molar-refractivity contribution in [3.63, 3.8) is 0 Å². The summed E-state index contributed by atoms with van der Waals surface area (Å²) in [5.74, 6) is 0.173. The number of ether oxygens (including phenoxy) is 1. The lowest BCUT2D eigenvalue weighted by Gasteiger charge is -2.12. The van der Waals surface area contributed by atoms with E-state index in [2.05, 4.69) is 15.0 Å². The van der Waals surface area contributed by atoms with Gasteiger partial charge in [-0.05, 0) is 67.4 Å². The molecule has 7 nitrogen and oxygen atoms in total. The number of sulfonamides is 1. The highest BCUT2D eigenvalue weighted by Gasteiger charge is 2.16. The predicted molar refractivity (Wildman–Crippen MR) is 115 cm³/mol. The Morgan fingerprint density at radius 2 is 1.70 bits per heavy atom. The summed E-state index contributed by atoms with van der Waals surface area (Å²) in [4.78, 5) is 16.0. The lowest BCUT2D eigenvalue weighted by atomic mass is 10.2. The molecular weight excluding hydrogens is 402 g/mol. The smallest absolute Gasteiger partial charge is 0.261 e. The van der Waals surface area contributed by atoms with Crippen molar-refractivity contribution < 1.29 is 17.9 Å². The minimum atomic E-state index is -3.73. The van der Waals surface area contributed by atoms with Gasteiger partial charge in [0.05, 0.1) is 4.90 Å². The number of aryl methyl sites for hydroxylation is 2. The Morgan fingerprint density at radius 3 is 2.37 bits per heavy atom. The van der Waals surface area contributed by atoms with Gasteiger partial charge < -0.3 is 10.1 Å². The third kappa shape index (κ3) is 5.81. The molecule has 2 N–H and O–H groups in total. The van der Waals surface area contributed by atoms with Gasteiger partial charge in [-0.15, -0.1) is 0 Å². The maximum Gasteiger partial charge on any atom is 0.261 e. The number of nitrogens with zero attached hydrogens (tertiary/aromatic N) is 1. The van der Waals surface area contributed by atoms with E-state index in [9.17, 15) is 13.2 Å². The van der Waals surface area contributed by atoms with Crippen LogP contribution in [0.4, 0.5) is 5.69 Å². The first-order valence-electron chi connectivity index (χ1n) is 9.32. The van der Waals surface area contributed by atoms with E-state index in [1.807, 2.05) is 31.2 Å². The molecule has 1 heterocycles. The number of benzene rings is 2. The van der Waals surface area contributed by atoms with Gasteiger partial charge in [0.15, 0.2) is 6.61 Å². The van der Waals surface area contributed by atoms with Crippen LogP contribution in [-0.4, -0.2) is 25.9 Å². The number of rotatable bonds is 8. The molecule has 1 aromatic heterocycles. The Hall–Kier alpha value is -3.39. The van der Waals surface area contributed by atoms with Crippen LogP contribution in [0.15, 0.2) is 71.9 Å². The molecule has 30 heavy (non-hydrogen) atoms. The Morgan fingerprint density at radius 1 is 1.00 bits per heavy atom. The zero-order valence-electron chi connectivity index (χ0n) is 16.8. The first-order chi connectivity index (χ1) is 14.3. The lowest BCUT2D eigenvalue weighted by Crippen LogP contribution is -2.28. The number of aromatic nitrogens is 1. The highest BCUT2D eigenvalue weighted by atomic mass is 32.2. The fraction of sp³-hybridized carbons (Fsp3) is 0.182. The normalized spacial score (nSPS) is 11.0. The molecule has 0 radical (unpaired) electrons. The molecule has 0 aliphatic heterocycles. The van der Waals surface area contributed by atoms with E-state index >= 15 is 0 Å². The second kappa shape index (κ2) is 9.41. The number of carbonyl (C=O) groups excluding carboxylic acids is 1. The van der Waals surface area contributed by atoms with Gasteiger partial charge in [0.2, 0.25) is 0 Å². The molecule has 0 aliphatic carbocycles. The zero-order valence-corrected chi connectivity index (χ0v) is 17.6. The highest BCUT2D eigenvalue weighted by molar-refractivity contribution is 7.92. The summed E-state index contributed by atoms with van der Waals surface area (Å²) >= 11 is 0. The Kier molecular flexibility index (Phi) is 6.68. The topological polar surface area (TPSA) is 97.4 Å². The van der Waals surface area contributed by atoms with Gasteiger partial charge in [0.25, 0.3) is 15.9 Å². The van der Waals surface area contributed by atoms with E-state index in [-0.39, 0.29) is 17.4 Å². The van der Waals surface area contributed by atoms with Crippen molar-refractivity contribution in [1.82, 2.24) is 10.3 Å². The van der Waals surface area contributed by atoms with Crippen LogP contribution in [0.2, 0.25) is 0 Å². The number of pyridine rings is 1. The molecular formula is C22H23N3O4S. The van der Waals surface area contributed by atoms with Crippen molar-refractivity contribution in [2.45, 2.75) is 25.3 Å². The fourth-order valence-corrected chi connectivity index (χ4v) is 3.83. The van der Waals surface area contributed by atoms with Crippen LogP contribution in [0.25, 0.3) is 0 Å². The number of carbonyl (C=O) groups is 1. The van der Waals surface area contributed by atoms with Crippen LogP contribution in [0.3, 0.4) is 0 Å². The van der Waals surface area contributed by atoms with Gasteiger partial charge >= 0.3 is 0 Å². The Bertz CT molecular complexity index is 1110. The second-order valence-corrected chi connectivity index (χ2v) is 8.50. The molecule has 0 fully saturated rings. The SMILES string of the molecule is Cc1ccc(NS(=O)(=O)c2ccc(OCC(=O)NCc3ccncc3)c(C)c2)cc1. The molecule has 1 amide bonds. The zero-order chi connectivity index (χ0) is 21.6. The average Bonchev–Trinajstić information content (AvgIpc) is 2.73. The molecule has 0 bridgehead atoms. The molecule has 0 saturated carbocycles. The van der Waals surface area contributed by atoms with Crippen LogP contribution >= 0.6 is 0 Å². The van der Waals surface area contributed by atoms with E-state index in [0.717, 1.165) is 11.1 Å². The molecule has 0 spiro atoms. The average molecular weight is 426 g/mol. The number of anilines is 1. The van der Waals surface area contributed by atoms with Crippen molar-refractivity contribution in [3.05, 3.63) is 83.7 Å². The molecule has 3 rings (SSSR count). The van der Waals surface area contributed by atoms with Crippen molar-refractivity contribution >= 4 is 21.6 Å². The van der Waals surface area contributed by atoms with Crippen molar-refractivity contribution in [2.75, 3.05) is 11.3 Å². The minimum Gasteiger partial charge on any atom is -0.484 e. The first-order valence-corrected chi connectivity index (χ1v) is 10.8. The van der Waals surface area contributed by atoms with E-state index in [4.69, 9.17) is 4.74 Å². The van der Waals surface area contributed by atoms with E-state index in [1.54, 1.807) is 37.5 Å². The van der Waals surface area contributed by atoms with Crippen molar-refractivity contribution in [3.8, 4) is 5.75 Å². The molecule has 0 unspecified atom stereocenters. The highest BCUT2D eigenvalue weighted by Crippen LogP contribution is 2.23. The van der Waals surface area contributed by atoms with E-state index in [0.29, 0.717) is 23.5 Å². The third-order valence-corrected chi connectivity index (χ3v) is 5.74. The Labute approximate surface area is 176 Å². The van der Waals surface area contributed by atoms with Crippen LogP contribution in [-0.2, 0) is 21.4 Å². The third-order valence-electron chi connectivity index (χ3n) is 4.36. The van der Waals surface area contributed by atoms with E-state index in [1.165, 1.54) is 12.1 Å². The van der Waals surface area contributed by atoms with Crippen LogP contribution in [0.5, 0.6) is 5.75 Å². The molecule has 0 atom stereocenters. The Balaban J connectivity index is 1.59. The van der Waals surface area contributed by atoms with Crippen LogP contribution in [0, 0.1) is 13.8 Å². The molecule has 156 valence electrons. The lowest BCUT2D eigenvalue weighted by molar-refractivity contribution is -0.123. The fourth-order valence-electron chi connectivity index (χ4n) is 2.68. The molecule has 2 aromatic carbocycles. The van der Waals surface area contributed by atoms with Gasteiger partial charge in [-0.2, -0.15) is 0 Å². The second-order valence-electron chi connectivity index (χ2n) is 6.82. The van der Waals surface area contributed by atoms with Gasteiger partial charge in [0, 0.05) is 24.6 Å². The van der Waals surface area contributed by atoms with Gasteiger partial charge in [0.1, 0.15) is 5.75 Å². The number of hydrogen-bond donors (Lipinski definition) is 2. The van der Waals surface area contributed by atoms with E-state index < -0.39 is 10.0 Å². The summed E-state index contributed by atoms with van der Waals surface area (Å²) < 4.78 is 33.3. The summed E-state index contributed by atoms with van der Waals surface area (Å²) in [5, 5.41) is 2.76. The monoisotopic (exact) mass is 425 g/mol. The summed E-state index contributed by atoms with van der Waals surface area (Å²) in [6.07, 6.45) is 3.31. The molecule has 0 saturated heterocycles. The van der Waals surface area contributed by atoms with Gasteiger partial charge in [-0.1, -0.05) is 17.7 Å².